The lowest BCUT2D eigenvalue weighted by Gasteiger charge is -2.17. The Kier molecular flexibility index (Phi) is 5.71. The number of aromatic nitrogens is 1. The molecule has 0 spiro atoms. The van der Waals surface area contributed by atoms with Gasteiger partial charge in [0.1, 0.15) is 13.2 Å². The molecular formula is C21H20N2O6S. The van der Waals surface area contributed by atoms with E-state index in [0.717, 1.165) is 10.2 Å². The van der Waals surface area contributed by atoms with Gasteiger partial charge in [-0.05, 0) is 18.2 Å². The summed E-state index contributed by atoms with van der Waals surface area (Å²) in [6.07, 6.45) is 0.119. The third-order valence-corrected chi connectivity index (χ3v) is 5.52. The Balaban J connectivity index is 1.38. The van der Waals surface area contributed by atoms with E-state index < -0.39 is 0 Å². The number of amides is 1. The largest absolute Gasteiger partial charge is 0.493 e. The van der Waals surface area contributed by atoms with Crippen LogP contribution in [0.4, 0.5) is 5.13 Å². The number of hydrogen-bond acceptors (Lipinski definition) is 8. The maximum Gasteiger partial charge on any atom is 0.226 e. The predicted molar refractivity (Wildman–Crippen MR) is 112 cm³/mol. The number of fused-ring (bicyclic) bond motifs is 2. The molecule has 2 aromatic carbocycles. The minimum Gasteiger partial charge on any atom is -0.493 e. The van der Waals surface area contributed by atoms with Crippen molar-refractivity contribution in [1.82, 2.24) is 4.98 Å². The van der Waals surface area contributed by atoms with E-state index in [-0.39, 0.29) is 24.5 Å². The quantitative estimate of drug-likeness (QED) is 0.574. The van der Waals surface area contributed by atoms with E-state index in [9.17, 15) is 9.59 Å². The van der Waals surface area contributed by atoms with Crippen LogP contribution < -0.4 is 24.3 Å². The first-order valence-electron chi connectivity index (χ1n) is 9.32. The van der Waals surface area contributed by atoms with E-state index in [2.05, 4.69) is 10.3 Å². The number of nitrogens with one attached hydrogen (secondary N) is 1. The first kappa shape index (κ1) is 20.0. The highest BCUT2D eigenvalue weighted by molar-refractivity contribution is 7.22. The molecule has 3 aromatic rings. The molecule has 1 aliphatic heterocycles. The number of ketones is 1. The monoisotopic (exact) mass is 428 g/mol. The number of ether oxygens (including phenoxy) is 4. The molecule has 1 aliphatic rings. The highest BCUT2D eigenvalue weighted by Crippen LogP contribution is 2.37. The normalized spacial score (nSPS) is 12.5. The molecule has 30 heavy (non-hydrogen) atoms. The van der Waals surface area contributed by atoms with Gasteiger partial charge in [0.2, 0.25) is 5.91 Å². The van der Waals surface area contributed by atoms with Gasteiger partial charge in [-0.3, -0.25) is 9.59 Å². The smallest absolute Gasteiger partial charge is 0.226 e. The van der Waals surface area contributed by atoms with Crippen molar-refractivity contribution in [2.24, 2.45) is 0 Å². The number of thiazole rings is 1. The number of carbonyl (C=O) groups is 2. The summed E-state index contributed by atoms with van der Waals surface area (Å²) >= 11 is 1.34. The van der Waals surface area contributed by atoms with Crippen LogP contribution in [0.1, 0.15) is 23.2 Å². The van der Waals surface area contributed by atoms with Crippen molar-refractivity contribution >= 4 is 38.4 Å². The van der Waals surface area contributed by atoms with Crippen molar-refractivity contribution in [3.05, 3.63) is 35.9 Å². The maximum absolute atomic E-state index is 12.4. The van der Waals surface area contributed by atoms with Crippen LogP contribution in [-0.4, -0.2) is 44.1 Å². The number of methoxy groups -OCH3 is 2. The molecule has 0 unspecified atom stereocenters. The molecule has 1 N–H and O–H groups in total. The van der Waals surface area contributed by atoms with Crippen molar-refractivity contribution < 1.29 is 28.5 Å². The summed E-state index contributed by atoms with van der Waals surface area (Å²) in [4.78, 5) is 29.2. The van der Waals surface area contributed by atoms with Gasteiger partial charge in [-0.2, -0.15) is 0 Å². The van der Waals surface area contributed by atoms with E-state index in [0.29, 0.717) is 46.9 Å². The van der Waals surface area contributed by atoms with Gasteiger partial charge in [0.15, 0.2) is 33.9 Å². The van der Waals surface area contributed by atoms with E-state index in [1.165, 1.54) is 25.6 Å². The maximum atomic E-state index is 12.4. The van der Waals surface area contributed by atoms with Crippen molar-refractivity contribution in [2.45, 2.75) is 12.8 Å². The molecule has 0 atom stereocenters. The Morgan fingerprint density at radius 2 is 1.77 bits per heavy atom. The summed E-state index contributed by atoms with van der Waals surface area (Å²) in [5.74, 6) is 1.91. The average molecular weight is 428 g/mol. The lowest BCUT2D eigenvalue weighted by molar-refractivity contribution is -0.116. The van der Waals surface area contributed by atoms with Crippen LogP contribution in [0, 0.1) is 0 Å². The lowest BCUT2D eigenvalue weighted by atomic mass is 10.1. The minimum atomic E-state index is -0.278. The number of anilines is 1. The number of carbonyl (C=O) groups excluding carboxylic acids is 2. The molecule has 8 nitrogen and oxygen atoms in total. The summed E-state index contributed by atoms with van der Waals surface area (Å²) in [6, 6.07) is 8.59. The molecule has 0 aliphatic carbocycles. The summed E-state index contributed by atoms with van der Waals surface area (Å²) in [5, 5.41) is 3.23. The van der Waals surface area contributed by atoms with Crippen LogP contribution in [0.3, 0.4) is 0 Å². The van der Waals surface area contributed by atoms with Crippen LogP contribution in [0.2, 0.25) is 0 Å². The predicted octanol–water partition coefficient (Wildman–Crippen LogP) is 3.69. The van der Waals surface area contributed by atoms with E-state index in [4.69, 9.17) is 18.9 Å². The molecule has 156 valence electrons. The van der Waals surface area contributed by atoms with Gasteiger partial charge in [0.25, 0.3) is 0 Å². The Bertz CT molecular complexity index is 1070. The zero-order chi connectivity index (χ0) is 21.1. The molecule has 2 heterocycles. The highest BCUT2D eigenvalue weighted by Gasteiger charge is 2.17. The fraction of sp³-hybridized carbons (Fsp3) is 0.286. The Hall–Kier alpha value is -3.33. The van der Waals surface area contributed by atoms with Crippen LogP contribution in [-0.2, 0) is 4.79 Å². The topological polar surface area (TPSA) is 96.0 Å². The average Bonchev–Trinajstić information content (AvgIpc) is 3.15. The van der Waals surface area contributed by atoms with Crippen LogP contribution in [0.5, 0.6) is 23.0 Å². The fourth-order valence-electron chi connectivity index (χ4n) is 3.08. The van der Waals surface area contributed by atoms with Gasteiger partial charge < -0.3 is 24.3 Å². The van der Waals surface area contributed by atoms with Gasteiger partial charge >= 0.3 is 0 Å². The van der Waals surface area contributed by atoms with Gasteiger partial charge in [-0.1, -0.05) is 11.3 Å². The second kappa shape index (κ2) is 8.58. The van der Waals surface area contributed by atoms with Gasteiger partial charge in [-0.15, -0.1) is 0 Å². The summed E-state index contributed by atoms with van der Waals surface area (Å²) in [7, 11) is 3.03. The molecule has 0 fully saturated rings. The second-order valence-electron chi connectivity index (χ2n) is 6.52. The fourth-order valence-corrected chi connectivity index (χ4v) is 3.97. The van der Waals surface area contributed by atoms with Gasteiger partial charge in [0, 0.05) is 30.5 Å². The van der Waals surface area contributed by atoms with Crippen molar-refractivity contribution in [2.75, 3.05) is 32.8 Å². The Labute approximate surface area is 176 Å². The molecule has 0 saturated heterocycles. The van der Waals surface area contributed by atoms with Crippen molar-refractivity contribution in [3.8, 4) is 23.0 Å². The zero-order valence-corrected chi connectivity index (χ0v) is 17.3. The number of hydrogen-bond donors (Lipinski definition) is 1. The SMILES string of the molecule is COc1ccc(C(=O)CCC(=O)Nc2nc3cc4c(cc3s2)OCCO4)cc1OC. The first-order chi connectivity index (χ1) is 14.6. The van der Waals surface area contributed by atoms with Crippen LogP contribution in [0.15, 0.2) is 30.3 Å². The Morgan fingerprint density at radius 3 is 2.50 bits per heavy atom. The van der Waals surface area contributed by atoms with E-state index in [1.54, 1.807) is 24.3 Å². The van der Waals surface area contributed by atoms with E-state index in [1.807, 2.05) is 6.07 Å². The number of nitrogens with zero attached hydrogens (tertiary/aromatic N) is 1. The van der Waals surface area contributed by atoms with Crippen molar-refractivity contribution in [1.29, 1.82) is 0 Å². The molecule has 9 heteroatoms. The molecule has 4 rings (SSSR count). The van der Waals surface area contributed by atoms with Crippen LogP contribution >= 0.6 is 11.3 Å². The number of Topliss-reactive ketones (excluding diaryl/α,β-unsaturated/α-hetero) is 1. The lowest BCUT2D eigenvalue weighted by Crippen LogP contribution is -2.15. The number of rotatable bonds is 7. The van der Waals surface area contributed by atoms with E-state index >= 15 is 0 Å². The molecule has 0 radical (unpaired) electrons. The molecular weight excluding hydrogens is 408 g/mol. The summed E-state index contributed by atoms with van der Waals surface area (Å²) < 4.78 is 22.4. The minimum absolute atomic E-state index is 0.0474. The zero-order valence-electron chi connectivity index (χ0n) is 16.5. The van der Waals surface area contributed by atoms with Crippen molar-refractivity contribution in [3.63, 3.8) is 0 Å². The highest BCUT2D eigenvalue weighted by atomic mass is 32.1. The van der Waals surface area contributed by atoms with Crippen LogP contribution in [0.25, 0.3) is 10.2 Å². The standard InChI is InChI=1S/C21H20N2O6S/c1-26-15-5-3-12(9-16(15)27-2)14(24)4-6-20(25)23-21-22-13-10-17-18(11-19(13)30-21)29-8-7-28-17/h3,5,9-11H,4,6-8H2,1-2H3,(H,22,23,25). The molecule has 1 amide bonds. The third kappa shape index (κ3) is 4.16. The number of benzene rings is 2. The van der Waals surface area contributed by atoms with Gasteiger partial charge in [-0.25, -0.2) is 4.98 Å². The molecule has 1 aromatic heterocycles. The summed E-state index contributed by atoms with van der Waals surface area (Å²) in [6.45, 7) is 1.01. The molecule has 0 saturated carbocycles. The first-order valence-corrected chi connectivity index (χ1v) is 10.1. The summed E-state index contributed by atoms with van der Waals surface area (Å²) in [5.41, 5.74) is 1.19. The van der Waals surface area contributed by atoms with Gasteiger partial charge in [0.05, 0.1) is 24.4 Å². The third-order valence-electron chi connectivity index (χ3n) is 4.58. The second-order valence-corrected chi connectivity index (χ2v) is 7.55. The molecule has 0 bridgehead atoms. The Morgan fingerprint density at radius 1 is 1.03 bits per heavy atom.